The number of rotatable bonds is 8. The molecule has 2 heterocycles. The third-order valence-corrected chi connectivity index (χ3v) is 5.22. The molecule has 0 unspecified atom stereocenters. The van der Waals surface area contributed by atoms with E-state index in [0.29, 0.717) is 25.6 Å². The van der Waals surface area contributed by atoms with Crippen molar-refractivity contribution in [3.05, 3.63) is 35.6 Å². The van der Waals surface area contributed by atoms with Crippen LogP contribution in [0.3, 0.4) is 0 Å². The number of carbonyl (C=O) groups excluding carboxylic acids is 1. The second kappa shape index (κ2) is 10.5. The summed E-state index contributed by atoms with van der Waals surface area (Å²) in [5.74, 6) is 0.251. The third kappa shape index (κ3) is 6.62. The van der Waals surface area contributed by atoms with Crippen LogP contribution in [0.4, 0.5) is 0 Å². The molecule has 0 radical (unpaired) electrons. The maximum Gasteiger partial charge on any atom is 0.267 e. The summed E-state index contributed by atoms with van der Waals surface area (Å²) in [5, 5.41) is 15.8. The van der Waals surface area contributed by atoms with Crippen LogP contribution in [-0.2, 0) is 9.53 Å². The number of allylic oxidation sites excluding steroid dienone is 2. The number of carbonyl (C=O) groups is 1. The number of hydrogen-bond acceptors (Lipinski definition) is 5. The minimum Gasteiger partial charge on any atom is -0.390 e. The minimum atomic E-state index is -0.624. The monoisotopic (exact) mass is 401 g/mol. The summed E-state index contributed by atoms with van der Waals surface area (Å²) < 4.78 is 5.06. The number of nitrogens with one attached hydrogen (secondary N) is 2. The van der Waals surface area contributed by atoms with E-state index >= 15 is 0 Å². The molecule has 1 fully saturated rings. The highest BCUT2D eigenvalue weighted by Gasteiger charge is 2.21. The molecular formula is C21H31N5O3. The molecule has 1 aliphatic carbocycles. The molecule has 3 aliphatic rings. The predicted molar refractivity (Wildman–Crippen MR) is 114 cm³/mol. The summed E-state index contributed by atoms with van der Waals surface area (Å²) in [7, 11) is 0. The van der Waals surface area contributed by atoms with E-state index < -0.39 is 6.10 Å². The van der Waals surface area contributed by atoms with Gasteiger partial charge < -0.3 is 20.5 Å². The summed E-state index contributed by atoms with van der Waals surface area (Å²) in [6.45, 7) is 9.32. The highest BCUT2D eigenvalue weighted by atomic mass is 16.5. The molecule has 0 aromatic rings. The summed E-state index contributed by atoms with van der Waals surface area (Å²) in [6.07, 6.45) is 8.49. The fourth-order valence-corrected chi connectivity index (χ4v) is 3.53. The summed E-state index contributed by atoms with van der Waals surface area (Å²) in [4.78, 5) is 22.8. The van der Waals surface area contributed by atoms with Crippen molar-refractivity contribution in [1.29, 1.82) is 0 Å². The van der Waals surface area contributed by atoms with Crippen molar-refractivity contribution < 1.29 is 14.6 Å². The van der Waals surface area contributed by atoms with Crippen LogP contribution >= 0.6 is 0 Å². The molecule has 1 amide bonds. The van der Waals surface area contributed by atoms with Gasteiger partial charge in [0.15, 0.2) is 0 Å². The number of hydrogen-bond donors (Lipinski definition) is 3. The van der Waals surface area contributed by atoms with Crippen molar-refractivity contribution in [1.82, 2.24) is 15.5 Å². The number of aliphatic hydroxyl groups excluding tert-OH is 1. The lowest BCUT2D eigenvalue weighted by atomic mass is 9.92. The molecule has 0 aromatic carbocycles. The van der Waals surface area contributed by atoms with Gasteiger partial charge in [-0.05, 0) is 31.8 Å². The average Bonchev–Trinajstić information content (AvgIpc) is 2.68. The van der Waals surface area contributed by atoms with Crippen molar-refractivity contribution in [3.63, 3.8) is 0 Å². The quantitative estimate of drug-likeness (QED) is 0.317. The number of nitrogens with zero attached hydrogens (tertiary/aromatic N) is 3. The van der Waals surface area contributed by atoms with Crippen LogP contribution in [0.1, 0.15) is 26.2 Å². The van der Waals surface area contributed by atoms with E-state index in [-0.39, 0.29) is 24.2 Å². The van der Waals surface area contributed by atoms with Crippen LogP contribution in [0.25, 0.3) is 0 Å². The Labute approximate surface area is 172 Å². The van der Waals surface area contributed by atoms with Gasteiger partial charge in [-0.1, -0.05) is 24.3 Å². The van der Waals surface area contributed by atoms with E-state index in [9.17, 15) is 9.90 Å². The van der Waals surface area contributed by atoms with Crippen LogP contribution in [0.2, 0.25) is 0 Å². The molecule has 158 valence electrons. The smallest absolute Gasteiger partial charge is 0.267 e. The summed E-state index contributed by atoms with van der Waals surface area (Å²) in [6, 6.07) is 0.178. The number of amidine groups is 1. The molecule has 0 spiro atoms. The number of β-amino-alcohol motifs (C(OH)–C–C–N with tert-alkyl or cyclic N) is 1. The fourth-order valence-electron chi connectivity index (χ4n) is 3.53. The second-order valence-electron chi connectivity index (χ2n) is 7.67. The van der Waals surface area contributed by atoms with E-state index in [4.69, 9.17) is 4.74 Å². The fraction of sp³-hybridized carbons (Fsp3) is 0.571. The van der Waals surface area contributed by atoms with Gasteiger partial charge in [0.05, 0.1) is 37.4 Å². The Balaban J connectivity index is 1.34. The standard InChI is InChI=1S/C21H31N5O3/c1-15(23-14-24-16(2)25-19-12-29-13-19)21(28)22-9-20(27)11-26-8-7-17-5-3-4-6-18(17)10-26/h3,5,14,19-20,27H,1,4,6-13H2,2H3,(H,22,28)(H,23,24,25)/t20-/m0/s1. The first-order valence-electron chi connectivity index (χ1n) is 10.2. The van der Waals surface area contributed by atoms with Crippen LogP contribution in [0.15, 0.2) is 45.6 Å². The highest BCUT2D eigenvalue weighted by molar-refractivity contribution is 5.96. The zero-order valence-corrected chi connectivity index (χ0v) is 17.1. The zero-order chi connectivity index (χ0) is 20.6. The van der Waals surface area contributed by atoms with Gasteiger partial charge in [0.25, 0.3) is 5.91 Å². The first kappa shape index (κ1) is 21.4. The molecule has 29 heavy (non-hydrogen) atoms. The molecule has 2 aliphatic heterocycles. The molecule has 0 saturated carbocycles. The second-order valence-corrected chi connectivity index (χ2v) is 7.67. The Kier molecular flexibility index (Phi) is 7.74. The lowest BCUT2D eigenvalue weighted by Crippen LogP contribution is -2.43. The molecular weight excluding hydrogens is 370 g/mol. The van der Waals surface area contributed by atoms with E-state index in [1.54, 1.807) is 6.92 Å². The maximum atomic E-state index is 12.1. The van der Waals surface area contributed by atoms with Crippen molar-refractivity contribution >= 4 is 18.1 Å². The summed E-state index contributed by atoms with van der Waals surface area (Å²) in [5.41, 5.74) is 3.11. The number of ether oxygens (including phenoxy) is 1. The van der Waals surface area contributed by atoms with E-state index in [1.807, 2.05) is 0 Å². The molecule has 8 heteroatoms. The first-order valence-corrected chi connectivity index (χ1v) is 10.2. The molecule has 3 N–H and O–H groups in total. The molecule has 8 nitrogen and oxygen atoms in total. The van der Waals surface area contributed by atoms with Gasteiger partial charge in [-0.25, -0.2) is 4.99 Å². The minimum absolute atomic E-state index is 0.169. The zero-order valence-electron chi connectivity index (χ0n) is 17.1. The van der Waals surface area contributed by atoms with Crippen molar-refractivity contribution in [2.45, 2.75) is 38.3 Å². The Bertz CT molecular complexity index is 737. The van der Waals surface area contributed by atoms with E-state index in [0.717, 1.165) is 32.4 Å². The van der Waals surface area contributed by atoms with Crippen molar-refractivity contribution in [2.24, 2.45) is 9.98 Å². The molecule has 0 aromatic heterocycles. The highest BCUT2D eigenvalue weighted by Crippen LogP contribution is 2.26. The van der Waals surface area contributed by atoms with Gasteiger partial charge in [-0.15, -0.1) is 0 Å². The van der Waals surface area contributed by atoms with E-state index in [1.165, 1.54) is 17.5 Å². The molecule has 3 rings (SSSR count). The van der Waals surface area contributed by atoms with Crippen LogP contribution in [0, 0.1) is 0 Å². The summed E-state index contributed by atoms with van der Waals surface area (Å²) >= 11 is 0. The molecule has 0 bridgehead atoms. The van der Waals surface area contributed by atoms with Gasteiger partial charge in [-0.3, -0.25) is 14.7 Å². The Hall–Kier alpha value is -2.29. The predicted octanol–water partition coefficient (Wildman–Crippen LogP) is 0.765. The molecule has 1 saturated heterocycles. The number of aliphatic imine (C=N–C) groups is 2. The topological polar surface area (TPSA) is 98.5 Å². The lowest BCUT2D eigenvalue weighted by molar-refractivity contribution is -0.118. The number of aliphatic hydroxyl groups is 1. The van der Waals surface area contributed by atoms with Gasteiger partial charge >= 0.3 is 0 Å². The van der Waals surface area contributed by atoms with Gasteiger partial charge in [0.2, 0.25) is 0 Å². The third-order valence-electron chi connectivity index (χ3n) is 5.22. The SMILES string of the molecule is C=C(NC=NC(C)=NC1COC1)C(=O)NC[C@H](O)CN1CCC2=C(CCC=C2)C1. The van der Waals surface area contributed by atoms with Crippen molar-refractivity contribution in [2.75, 3.05) is 39.4 Å². The average molecular weight is 402 g/mol. The largest absolute Gasteiger partial charge is 0.390 e. The number of amides is 1. The first-order chi connectivity index (χ1) is 14.0. The van der Waals surface area contributed by atoms with Crippen LogP contribution < -0.4 is 10.6 Å². The Morgan fingerprint density at radius 2 is 2.31 bits per heavy atom. The Morgan fingerprint density at radius 1 is 1.48 bits per heavy atom. The maximum absolute atomic E-state index is 12.1. The van der Waals surface area contributed by atoms with E-state index in [2.05, 4.69) is 44.2 Å². The Morgan fingerprint density at radius 3 is 3.07 bits per heavy atom. The van der Waals surface area contributed by atoms with Crippen molar-refractivity contribution in [3.8, 4) is 0 Å². The van der Waals surface area contributed by atoms with Gasteiger partial charge in [0.1, 0.15) is 5.84 Å². The van der Waals surface area contributed by atoms with Crippen LogP contribution in [0.5, 0.6) is 0 Å². The van der Waals surface area contributed by atoms with Gasteiger partial charge in [-0.2, -0.15) is 0 Å². The molecule has 1 atom stereocenters. The normalized spacial score (nSPS) is 21.7. The van der Waals surface area contributed by atoms with Crippen LogP contribution in [-0.4, -0.2) is 79.6 Å². The van der Waals surface area contributed by atoms with Gasteiger partial charge in [0, 0.05) is 26.2 Å². The lowest BCUT2D eigenvalue weighted by Gasteiger charge is -2.32.